The summed E-state index contributed by atoms with van der Waals surface area (Å²) in [5.41, 5.74) is 0. The van der Waals surface area contributed by atoms with E-state index in [9.17, 15) is 0 Å². The van der Waals surface area contributed by atoms with Gasteiger partial charge >= 0.3 is 0 Å². The predicted octanol–water partition coefficient (Wildman–Crippen LogP) is 3.96. The second-order valence-electron chi connectivity index (χ2n) is 3.20. The molecule has 0 nitrogen and oxygen atoms in total. The molecule has 0 saturated heterocycles. The van der Waals surface area contributed by atoms with Crippen LogP contribution < -0.4 is 0 Å². The van der Waals surface area contributed by atoms with Gasteiger partial charge in [-0.25, -0.2) is 0 Å². The van der Waals surface area contributed by atoms with Crippen LogP contribution >= 0.6 is 11.8 Å². The fourth-order valence-corrected chi connectivity index (χ4v) is 2.31. The molecule has 0 N–H and O–H groups in total. The second-order valence-corrected chi connectivity index (χ2v) is 4.55. The highest BCUT2D eigenvalue weighted by Crippen LogP contribution is 2.18. The highest BCUT2D eigenvalue weighted by Gasteiger charge is 2.01. The molecule has 1 unspecified atom stereocenters. The zero-order valence-corrected chi connectivity index (χ0v) is 8.93. The summed E-state index contributed by atoms with van der Waals surface area (Å²) in [6.45, 7) is 3.86. The summed E-state index contributed by atoms with van der Waals surface area (Å²) in [5.74, 6) is 1.26. The molecule has 0 radical (unpaired) electrons. The Balaban J connectivity index is 2.39. The minimum Gasteiger partial charge on any atom is -0.154 e. The summed E-state index contributed by atoms with van der Waals surface area (Å²) >= 11 is 2.03. The lowest BCUT2D eigenvalue weighted by atomic mass is 10.2. The van der Waals surface area contributed by atoms with Crippen LogP contribution in [0.2, 0.25) is 0 Å². The van der Waals surface area contributed by atoms with Crippen molar-refractivity contribution in [2.45, 2.75) is 30.9 Å². The van der Waals surface area contributed by atoms with Gasteiger partial charge in [0.15, 0.2) is 0 Å². The fourth-order valence-electron chi connectivity index (χ4n) is 1.29. The Labute approximate surface area is 85.8 Å². The lowest BCUT2D eigenvalue weighted by Gasteiger charge is -2.08. The minimum atomic E-state index is 0.620. The first-order valence-corrected chi connectivity index (χ1v) is 6.02. The monoisotopic (exact) mass is 194 g/mol. The molecule has 1 rings (SSSR count). The van der Waals surface area contributed by atoms with E-state index in [1.165, 1.54) is 18.6 Å². The number of hydrogen-bond acceptors (Lipinski definition) is 1. The SMILES string of the molecule is C=CC1C/C=C\C/C=C/CCCS1. The van der Waals surface area contributed by atoms with E-state index in [0.717, 1.165) is 12.8 Å². The Morgan fingerprint density at radius 1 is 1.23 bits per heavy atom. The van der Waals surface area contributed by atoms with Gasteiger partial charge in [-0.15, -0.1) is 6.58 Å². The molecular formula is C12H18S. The standard InChI is InChI=1S/C12H18S/c1-2-12-10-8-6-4-3-5-7-9-11-13-12/h2-3,5-6,8,12H,1,4,7,9-11H2/b5-3+,8-6-. The van der Waals surface area contributed by atoms with E-state index in [0.29, 0.717) is 5.25 Å². The lowest BCUT2D eigenvalue weighted by Crippen LogP contribution is -1.96. The van der Waals surface area contributed by atoms with Crippen molar-refractivity contribution in [3.05, 3.63) is 37.0 Å². The van der Waals surface area contributed by atoms with E-state index in [-0.39, 0.29) is 0 Å². The molecule has 1 aliphatic heterocycles. The van der Waals surface area contributed by atoms with E-state index in [4.69, 9.17) is 0 Å². The van der Waals surface area contributed by atoms with Gasteiger partial charge in [0.1, 0.15) is 0 Å². The molecule has 13 heavy (non-hydrogen) atoms. The van der Waals surface area contributed by atoms with Crippen LogP contribution in [0.4, 0.5) is 0 Å². The second kappa shape index (κ2) is 7.02. The average Bonchev–Trinajstić information content (AvgIpc) is 2.22. The third-order valence-corrected chi connectivity index (χ3v) is 3.42. The van der Waals surface area contributed by atoms with E-state index in [1.807, 2.05) is 11.8 Å². The Morgan fingerprint density at radius 3 is 2.92 bits per heavy atom. The zero-order valence-electron chi connectivity index (χ0n) is 8.11. The first-order valence-electron chi connectivity index (χ1n) is 4.97. The summed E-state index contributed by atoms with van der Waals surface area (Å²) < 4.78 is 0. The molecule has 0 aliphatic carbocycles. The molecule has 0 spiro atoms. The topological polar surface area (TPSA) is 0 Å². The summed E-state index contributed by atoms with van der Waals surface area (Å²) in [4.78, 5) is 0. The normalized spacial score (nSPS) is 30.0. The van der Waals surface area contributed by atoms with E-state index < -0.39 is 0 Å². The highest BCUT2D eigenvalue weighted by molar-refractivity contribution is 8.00. The number of rotatable bonds is 1. The van der Waals surface area contributed by atoms with E-state index in [2.05, 4.69) is 37.0 Å². The highest BCUT2D eigenvalue weighted by atomic mass is 32.2. The van der Waals surface area contributed by atoms with Crippen molar-refractivity contribution in [2.24, 2.45) is 0 Å². The third-order valence-electron chi connectivity index (χ3n) is 2.08. The van der Waals surface area contributed by atoms with Gasteiger partial charge in [-0.2, -0.15) is 11.8 Å². The Bertz CT molecular complexity index is 191. The molecule has 1 heterocycles. The average molecular weight is 194 g/mol. The van der Waals surface area contributed by atoms with Gasteiger partial charge in [-0.05, 0) is 31.4 Å². The van der Waals surface area contributed by atoms with Gasteiger partial charge < -0.3 is 0 Å². The van der Waals surface area contributed by atoms with Crippen molar-refractivity contribution < 1.29 is 0 Å². The van der Waals surface area contributed by atoms with Crippen LogP contribution in [0.25, 0.3) is 0 Å². The molecular weight excluding hydrogens is 176 g/mol. The van der Waals surface area contributed by atoms with Crippen molar-refractivity contribution in [2.75, 3.05) is 5.75 Å². The van der Waals surface area contributed by atoms with Crippen LogP contribution in [-0.4, -0.2) is 11.0 Å². The van der Waals surface area contributed by atoms with E-state index in [1.54, 1.807) is 0 Å². The minimum absolute atomic E-state index is 0.620. The number of allylic oxidation sites excluding steroid dienone is 4. The molecule has 0 aromatic rings. The van der Waals surface area contributed by atoms with Crippen LogP contribution in [-0.2, 0) is 0 Å². The van der Waals surface area contributed by atoms with Crippen LogP contribution in [0.5, 0.6) is 0 Å². The molecule has 0 aromatic heterocycles. The first kappa shape index (κ1) is 10.6. The molecule has 1 aliphatic rings. The number of thioether (sulfide) groups is 1. The smallest absolute Gasteiger partial charge is 0.0258 e. The maximum Gasteiger partial charge on any atom is 0.0258 e. The van der Waals surface area contributed by atoms with Gasteiger partial charge in [0, 0.05) is 5.25 Å². The Kier molecular flexibility index (Phi) is 5.75. The third kappa shape index (κ3) is 4.99. The predicted molar refractivity (Wildman–Crippen MR) is 63.2 cm³/mol. The first-order chi connectivity index (χ1) is 6.43. The fraction of sp³-hybridized carbons (Fsp3) is 0.500. The largest absolute Gasteiger partial charge is 0.154 e. The van der Waals surface area contributed by atoms with Gasteiger partial charge in [-0.3, -0.25) is 0 Å². The lowest BCUT2D eigenvalue weighted by molar-refractivity contribution is 0.962. The van der Waals surface area contributed by atoms with Gasteiger partial charge in [0.05, 0.1) is 0 Å². The van der Waals surface area contributed by atoms with Crippen molar-refractivity contribution in [1.29, 1.82) is 0 Å². The van der Waals surface area contributed by atoms with Gasteiger partial charge in [-0.1, -0.05) is 30.4 Å². The van der Waals surface area contributed by atoms with Crippen LogP contribution in [0, 0.1) is 0 Å². The summed E-state index contributed by atoms with van der Waals surface area (Å²) in [5, 5.41) is 0.620. The van der Waals surface area contributed by atoms with Crippen LogP contribution in [0.3, 0.4) is 0 Å². The quantitative estimate of drug-likeness (QED) is 0.569. The number of hydrogen-bond donors (Lipinski definition) is 0. The molecule has 1 heteroatoms. The van der Waals surface area contributed by atoms with Crippen molar-refractivity contribution in [3.8, 4) is 0 Å². The van der Waals surface area contributed by atoms with Crippen molar-refractivity contribution in [1.82, 2.24) is 0 Å². The molecule has 0 saturated carbocycles. The summed E-state index contributed by atoms with van der Waals surface area (Å²) in [7, 11) is 0. The van der Waals surface area contributed by atoms with Crippen LogP contribution in [0.1, 0.15) is 25.7 Å². The molecule has 1 atom stereocenters. The molecule has 0 amide bonds. The van der Waals surface area contributed by atoms with E-state index >= 15 is 0 Å². The Morgan fingerprint density at radius 2 is 2.08 bits per heavy atom. The maximum absolute atomic E-state index is 3.86. The molecule has 0 bridgehead atoms. The van der Waals surface area contributed by atoms with Gasteiger partial charge in [0.25, 0.3) is 0 Å². The maximum atomic E-state index is 3.86. The molecule has 0 aromatic carbocycles. The van der Waals surface area contributed by atoms with Crippen molar-refractivity contribution in [3.63, 3.8) is 0 Å². The summed E-state index contributed by atoms with van der Waals surface area (Å²) in [6.07, 6.45) is 15.9. The van der Waals surface area contributed by atoms with Crippen LogP contribution in [0.15, 0.2) is 37.0 Å². The zero-order chi connectivity index (χ0) is 9.36. The summed E-state index contributed by atoms with van der Waals surface area (Å²) in [6, 6.07) is 0. The molecule has 0 fully saturated rings. The molecule has 72 valence electrons. The van der Waals surface area contributed by atoms with Crippen molar-refractivity contribution >= 4 is 11.8 Å². The van der Waals surface area contributed by atoms with Gasteiger partial charge in [0.2, 0.25) is 0 Å². The Hall–Kier alpha value is -0.430.